The maximum atomic E-state index is 13.1. The predicted octanol–water partition coefficient (Wildman–Crippen LogP) is 3.24. The Morgan fingerprint density at radius 1 is 1.14 bits per heavy atom. The molecule has 28 heavy (non-hydrogen) atoms. The zero-order valence-corrected chi connectivity index (χ0v) is 16.9. The molecule has 1 atom stereocenters. The second kappa shape index (κ2) is 7.48. The second-order valence-electron chi connectivity index (χ2n) is 7.37. The molecule has 1 aliphatic rings. The van der Waals surface area contributed by atoms with Crippen molar-refractivity contribution in [3.63, 3.8) is 0 Å². The van der Waals surface area contributed by atoms with Gasteiger partial charge in [-0.3, -0.25) is 4.98 Å². The summed E-state index contributed by atoms with van der Waals surface area (Å²) in [5, 5.41) is 0.0951. The first-order chi connectivity index (χ1) is 13.4. The first-order valence-electron chi connectivity index (χ1n) is 9.45. The number of pyridine rings is 1. The van der Waals surface area contributed by atoms with Gasteiger partial charge in [0, 0.05) is 31.9 Å². The highest BCUT2D eigenvalue weighted by atomic mass is 32.2. The van der Waals surface area contributed by atoms with Gasteiger partial charge in [-0.15, -0.1) is 0 Å². The molecule has 1 saturated heterocycles. The van der Waals surface area contributed by atoms with Gasteiger partial charge >= 0.3 is 0 Å². The highest BCUT2D eigenvalue weighted by Crippen LogP contribution is 2.35. The van der Waals surface area contributed by atoms with Gasteiger partial charge in [-0.05, 0) is 37.5 Å². The largest absolute Gasteiger partial charge is 0.339 e. The molecule has 2 aromatic heterocycles. The summed E-state index contributed by atoms with van der Waals surface area (Å²) in [6.45, 7) is 2.56. The number of sulfonamides is 1. The van der Waals surface area contributed by atoms with Crippen LogP contribution in [0.5, 0.6) is 0 Å². The van der Waals surface area contributed by atoms with E-state index >= 15 is 0 Å². The maximum Gasteiger partial charge on any atom is 0.262 e. The highest BCUT2D eigenvalue weighted by Gasteiger charge is 2.38. The molecule has 0 amide bonds. The summed E-state index contributed by atoms with van der Waals surface area (Å²) in [4.78, 5) is 8.86. The van der Waals surface area contributed by atoms with E-state index in [-0.39, 0.29) is 11.1 Å². The molecule has 4 rings (SSSR count). The molecule has 0 unspecified atom stereocenters. The number of benzene rings is 1. The average Bonchev–Trinajstić information content (AvgIpc) is 3.34. The standard InChI is InChI=1S/C21H24N4O2S/c1-16-8-10-17(11-9-16)13-18-5-3-6-19(23-18)20-7-4-12-25(20)28(26,27)21-14-24(2)15-22-21/h3,5-6,8-11,14-15,20H,4,7,12-13H2,1-2H3/t20-/m1/s1. The quantitative estimate of drug-likeness (QED) is 0.664. The molecule has 3 heterocycles. The fourth-order valence-electron chi connectivity index (χ4n) is 3.66. The number of rotatable bonds is 5. The maximum absolute atomic E-state index is 13.1. The number of aryl methyl sites for hydroxylation is 2. The first kappa shape index (κ1) is 18.8. The van der Waals surface area contributed by atoms with Gasteiger partial charge in [-0.1, -0.05) is 35.9 Å². The van der Waals surface area contributed by atoms with Gasteiger partial charge in [0.25, 0.3) is 10.0 Å². The monoisotopic (exact) mass is 396 g/mol. The molecule has 0 bridgehead atoms. The van der Waals surface area contributed by atoms with E-state index in [1.807, 2.05) is 18.2 Å². The lowest BCUT2D eigenvalue weighted by molar-refractivity contribution is 0.388. The number of nitrogens with zero attached hydrogens (tertiary/aromatic N) is 4. The molecule has 146 valence electrons. The number of aromatic nitrogens is 3. The third-order valence-corrected chi connectivity index (χ3v) is 6.93. The molecular weight excluding hydrogens is 372 g/mol. The van der Waals surface area contributed by atoms with Crippen molar-refractivity contribution in [2.45, 2.75) is 37.3 Å². The van der Waals surface area contributed by atoms with E-state index in [2.05, 4.69) is 36.2 Å². The molecule has 0 spiro atoms. The Kier molecular flexibility index (Phi) is 5.03. The lowest BCUT2D eigenvalue weighted by Gasteiger charge is -2.23. The van der Waals surface area contributed by atoms with Crippen LogP contribution >= 0.6 is 0 Å². The Bertz CT molecular complexity index is 1070. The molecule has 0 saturated carbocycles. The van der Waals surface area contributed by atoms with Crippen molar-refractivity contribution in [3.05, 3.63) is 77.5 Å². The molecule has 1 fully saturated rings. The Hall–Kier alpha value is -2.51. The molecule has 1 aliphatic heterocycles. The smallest absolute Gasteiger partial charge is 0.262 e. The fourth-order valence-corrected chi connectivity index (χ4v) is 5.30. The van der Waals surface area contributed by atoms with Crippen LogP contribution in [0.4, 0.5) is 0 Å². The molecule has 1 aromatic carbocycles. The van der Waals surface area contributed by atoms with Gasteiger partial charge in [0.2, 0.25) is 0 Å². The van der Waals surface area contributed by atoms with E-state index in [1.54, 1.807) is 22.1 Å². The van der Waals surface area contributed by atoms with E-state index in [9.17, 15) is 8.42 Å². The molecule has 6 nitrogen and oxygen atoms in total. The predicted molar refractivity (Wildman–Crippen MR) is 107 cm³/mol. The summed E-state index contributed by atoms with van der Waals surface area (Å²) in [6, 6.07) is 14.1. The Labute approximate surface area is 165 Å². The fraction of sp³-hybridized carbons (Fsp3) is 0.333. The van der Waals surface area contributed by atoms with Crippen LogP contribution in [0.3, 0.4) is 0 Å². The van der Waals surface area contributed by atoms with Gasteiger partial charge in [-0.2, -0.15) is 4.31 Å². The summed E-state index contributed by atoms with van der Waals surface area (Å²) >= 11 is 0. The molecule has 0 aliphatic carbocycles. The highest BCUT2D eigenvalue weighted by molar-refractivity contribution is 7.89. The number of imidazole rings is 1. The van der Waals surface area contributed by atoms with Crippen LogP contribution in [0.1, 0.15) is 41.4 Å². The Balaban J connectivity index is 1.60. The van der Waals surface area contributed by atoms with E-state index in [4.69, 9.17) is 4.98 Å². The van der Waals surface area contributed by atoms with Crippen molar-refractivity contribution in [2.24, 2.45) is 7.05 Å². The van der Waals surface area contributed by atoms with Crippen molar-refractivity contribution < 1.29 is 8.42 Å². The first-order valence-corrected chi connectivity index (χ1v) is 10.9. The molecule has 7 heteroatoms. The average molecular weight is 397 g/mol. The molecule has 0 N–H and O–H groups in total. The second-order valence-corrected chi connectivity index (χ2v) is 9.20. The van der Waals surface area contributed by atoms with E-state index in [0.29, 0.717) is 6.54 Å². The topological polar surface area (TPSA) is 68.1 Å². The zero-order valence-electron chi connectivity index (χ0n) is 16.1. The summed E-state index contributed by atoms with van der Waals surface area (Å²) in [5.74, 6) is 0. The molecule has 0 radical (unpaired) electrons. The van der Waals surface area contributed by atoms with Crippen LogP contribution < -0.4 is 0 Å². The van der Waals surface area contributed by atoms with Crippen LogP contribution in [0.25, 0.3) is 0 Å². The summed E-state index contributed by atoms with van der Waals surface area (Å²) in [7, 11) is -1.86. The lowest BCUT2D eigenvalue weighted by atomic mass is 10.1. The van der Waals surface area contributed by atoms with Crippen molar-refractivity contribution in [3.8, 4) is 0 Å². The lowest BCUT2D eigenvalue weighted by Crippen LogP contribution is -2.31. The normalized spacial score (nSPS) is 17.9. The number of hydrogen-bond donors (Lipinski definition) is 0. The molecule has 3 aromatic rings. The van der Waals surface area contributed by atoms with Crippen molar-refractivity contribution in [2.75, 3.05) is 6.54 Å². The van der Waals surface area contributed by atoms with Crippen LogP contribution in [-0.2, 0) is 23.5 Å². The van der Waals surface area contributed by atoms with Crippen LogP contribution in [-0.4, -0.2) is 33.8 Å². The van der Waals surface area contributed by atoms with Gasteiger partial charge < -0.3 is 4.57 Å². The minimum Gasteiger partial charge on any atom is -0.339 e. The number of hydrogen-bond acceptors (Lipinski definition) is 4. The third-order valence-electron chi connectivity index (χ3n) is 5.13. The Morgan fingerprint density at radius 2 is 1.93 bits per heavy atom. The summed E-state index contributed by atoms with van der Waals surface area (Å²) in [6.07, 6.45) is 5.38. The van der Waals surface area contributed by atoms with Gasteiger partial charge in [-0.25, -0.2) is 13.4 Å². The van der Waals surface area contributed by atoms with Gasteiger partial charge in [0.15, 0.2) is 5.03 Å². The minimum atomic E-state index is -3.63. The third kappa shape index (κ3) is 3.72. The van der Waals surface area contributed by atoms with E-state index < -0.39 is 10.0 Å². The molecular formula is C21H24N4O2S. The van der Waals surface area contributed by atoms with Crippen LogP contribution in [0, 0.1) is 6.92 Å². The van der Waals surface area contributed by atoms with E-state index in [1.165, 1.54) is 17.5 Å². The van der Waals surface area contributed by atoms with Crippen LogP contribution in [0.15, 0.2) is 60.0 Å². The van der Waals surface area contributed by atoms with Crippen molar-refractivity contribution in [1.82, 2.24) is 18.8 Å². The minimum absolute atomic E-state index is 0.0951. The van der Waals surface area contributed by atoms with Crippen molar-refractivity contribution >= 4 is 10.0 Å². The van der Waals surface area contributed by atoms with Gasteiger partial charge in [0.05, 0.1) is 18.1 Å². The zero-order chi connectivity index (χ0) is 19.7. The van der Waals surface area contributed by atoms with E-state index in [0.717, 1.165) is 30.7 Å². The Morgan fingerprint density at radius 3 is 2.64 bits per heavy atom. The summed E-state index contributed by atoms with van der Waals surface area (Å²) in [5.41, 5.74) is 4.18. The van der Waals surface area contributed by atoms with Crippen molar-refractivity contribution in [1.29, 1.82) is 0 Å². The summed E-state index contributed by atoms with van der Waals surface area (Å²) < 4.78 is 29.3. The van der Waals surface area contributed by atoms with Gasteiger partial charge in [0.1, 0.15) is 0 Å². The van der Waals surface area contributed by atoms with Crippen LogP contribution in [0.2, 0.25) is 0 Å². The SMILES string of the molecule is Cc1ccc(Cc2cccc([C@H]3CCCN3S(=O)(=O)c3cn(C)cn3)n2)cc1.